The third kappa shape index (κ3) is 4.09. The highest BCUT2D eigenvalue weighted by Crippen LogP contribution is 2.37. The molecule has 0 spiro atoms. The number of carboxylic acids is 1. The molecule has 0 amide bonds. The van der Waals surface area contributed by atoms with Crippen LogP contribution in [0.3, 0.4) is 0 Å². The Kier molecular flexibility index (Phi) is 5.94. The van der Waals surface area contributed by atoms with Crippen molar-refractivity contribution in [3.8, 4) is 10.4 Å². The van der Waals surface area contributed by atoms with E-state index in [0.29, 0.717) is 21.3 Å². The Balaban J connectivity index is 1.79. The van der Waals surface area contributed by atoms with Gasteiger partial charge in [-0.3, -0.25) is 9.78 Å². The number of benzene rings is 1. The molecule has 0 saturated carbocycles. The van der Waals surface area contributed by atoms with Crippen LogP contribution in [0.1, 0.15) is 22.1 Å². The van der Waals surface area contributed by atoms with Gasteiger partial charge in [-0.2, -0.15) is 0 Å². The van der Waals surface area contributed by atoms with Crippen molar-refractivity contribution in [1.29, 1.82) is 0 Å². The molecule has 0 radical (unpaired) electrons. The number of hydrogen-bond donors (Lipinski definition) is 1. The predicted molar refractivity (Wildman–Crippen MR) is 123 cm³/mol. The molecule has 4 rings (SSSR count). The Hall–Kier alpha value is -3.30. The maximum absolute atomic E-state index is 13.9. The Bertz CT molecular complexity index is 1410. The van der Waals surface area contributed by atoms with Crippen LogP contribution >= 0.6 is 11.3 Å². The van der Waals surface area contributed by atoms with Crippen molar-refractivity contribution in [1.82, 2.24) is 8.96 Å². The summed E-state index contributed by atoms with van der Waals surface area (Å²) in [4.78, 5) is 16.5. The Morgan fingerprint density at radius 2 is 1.97 bits per heavy atom. The molecular weight excluding hydrogens is 451 g/mol. The maximum atomic E-state index is 13.9. The first kappa shape index (κ1) is 21.9. The number of hydrogen-bond acceptors (Lipinski definition) is 5. The van der Waals surface area contributed by atoms with E-state index in [9.17, 15) is 17.6 Å². The smallest absolute Gasteiger partial charge is 0.303 e. The second-order valence-corrected chi connectivity index (χ2v) is 10.2. The van der Waals surface area contributed by atoms with Crippen molar-refractivity contribution < 1.29 is 22.7 Å². The van der Waals surface area contributed by atoms with Crippen molar-refractivity contribution in [2.45, 2.75) is 18.1 Å². The van der Waals surface area contributed by atoms with Crippen LogP contribution < -0.4 is 0 Å². The Morgan fingerprint density at radius 3 is 2.66 bits per heavy atom. The zero-order chi connectivity index (χ0) is 22.9. The number of thiophene rings is 1. The van der Waals surface area contributed by atoms with E-state index >= 15 is 0 Å². The SMILES string of the molecule is C=CC(c1ccc(-c2ccncc2)s1)S(=O)(=O)n1cc(CCC(=O)O)c2cc(F)ccc21. The molecular formula is C23H19FN2O4S2. The first-order valence-corrected chi connectivity index (χ1v) is 12.0. The highest BCUT2D eigenvalue weighted by atomic mass is 32.2. The number of aryl methyl sites for hydroxylation is 1. The lowest BCUT2D eigenvalue weighted by atomic mass is 10.1. The average Bonchev–Trinajstić information content (AvgIpc) is 3.38. The quantitative estimate of drug-likeness (QED) is 0.365. The Labute approximate surface area is 188 Å². The predicted octanol–water partition coefficient (Wildman–Crippen LogP) is 5.03. The Morgan fingerprint density at radius 1 is 1.22 bits per heavy atom. The normalized spacial score (nSPS) is 12.7. The standard InChI is InChI=1S/C23H19FN2O4S2/c1-2-22(21-7-6-20(31-21)15-9-11-25-12-10-15)32(29,30)26-14-16(3-8-23(27)28)18-13-17(24)4-5-19(18)26/h2,4-7,9-14,22H,1,3,8H2,(H,27,28). The maximum Gasteiger partial charge on any atom is 0.303 e. The molecule has 0 aliphatic heterocycles. The molecule has 0 fully saturated rings. The second-order valence-electron chi connectivity index (χ2n) is 7.14. The molecule has 0 bridgehead atoms. The zero-order valence-electron chi connectivity index (χ0n) is 16.8. The summed E-state index contributed by atoms with van der Waals surface area (Å²) >= 11 is 1.34. The summed E-state index contributed by atoms with van der Waals surface area (Å²) in [5.41, 5.74) is 1.68. The minimum Gasteiger partial charge on any atom is -0.481 e. The van der Waals surface area contributed by atoms with E-state index in [1.165, 1.54) is 41.8 Å². The minimum atomic E-state index is -4.00. The lowest BCUT2D eigenvalue weighted by Crippen LogP contribution is -2.18. The van der Waals surface area contributed by atoms with E-state index in [4.69, 9.17) is 5.11 Å². The van der Waals surface area contributed by atoms with Gasteiger partial charge in [-0.25, -0.2) is 16.8 Å². The van der Waals surface area contributed by atoms with E-state index in [2.05, 4.69) is 11.6 Å². The summed E-state index contributed by atoms with van der Waals surface area (Å²) in [5, 5.41) is 8.37. The molecule has 3 heterocycles. The molecule has 0 aliphatic carbocycles. The van der Waals surface area contributed by atoms with Crippen molar-refractivity contribution in [2.75, 3.05) is 0 Å². The van der Waals surface area contributed by atoms with Gasteiger partial charge in [0.15, 0.2) is 0 Å². The number of rotatable bonds is 8. The van der Waals surface area contributed by atoms with Crippen LogP contribution in [0.4, 0.5) is 4.39 Å². The molecule has 32 heavy (non-hydrogen) atoms. The highest BCUT2D eigenvalue weighted by Gasteiger charge is 2.30. The van der Waals surface area contributed by atoms with E-state index in [-0.39, 0.29) is 12.8 Å². The molecule has 6 nitrogen and oxygen atoms in total. The summed E-state index contributed by atoms with van der Waals surface area (Å²) in [6.07, 6.45) is 5.98. The lowest BCUT2D eigenvalue weighted by molar-refractivity contribution is -0.136. The summed E-state index contributed by atoms with van der Waals surface area (Å²) in [7, 11) is -4.00. The molecule has 1 atom stereocenters. The summed E-state index contributed by atoms with van der Waals surface area (Å²) in [6.45, 7) is 3.74. The first-order valence-electron chi connectivity index (χ1n) is 9.69. The fourth-order valence-corrected chi connectivity index (χ4v) is 6.64. The van der Waals surface area contributed by atoms with Gasteiger partial charge in [-0.05, 0) is 60.0 Å². The van der Waals surface area contributed by atoms with Crippen LogP contribution in [0.5, 0.6) is 0 Å². The summed E-state index contributed by atoms with van der Waals surface area (Å²) < 4.78 is 42.3. The van der Waals surface area contributed by atoms with E-state index in [0.717, 1.165) is 14.4 Å². The van der Waals surface area contributed by atoms with E-state index in [1.807, 2.05) is 18.2 Å². The topological polar surface area (TPSA) is 89.3 Å². The zero-order valence-corrected chi connectivity index (χ0v) is 18.4. The van der Waals surface area contributed by atoms with Crippen LogP contribution in [-0.2, 0) is 21.2 Å². The van der Waals surface area contributed by atoms with E-state index < -0.39 is 27.1 Å². The van der Waals surface area contributed by atoms with Crippen molar-refractivity contribution in [3.05, 3.63) is 90.0 Å². The molecule has 0 saturated heterocycles. The lowest BCUT2D eigenvalue weighted by Gasteiger charge is -2.14. The number of carboxylic acid groups (broad SMARTS) is 1. The van der Waals surface area contributed by atoms with Gasteiger partial charge in [-0.15, -0.1) is 17.9 Å². The molecule has 0 aliphatic rings. The molecule has 1 aromatic carbocycles. The van der Waals surface area contributed by atoms with Gasteiger partial charge in [0.25, 0.3) is 10.0 Å². The molecule has 4 aromatic rings. The van der Waals surface area contributed by atoms with E-state index in [1.54, 1.807) is 18.5 Å². The van der Waals surface area contributed by atoms with Crippen LogP contribution in [0.2, 0.25) is 0 Å². The number of carbonyl (C=O) groups is 1. The van der Waals surface area contributed by atoms with Gasteiger partial charge in [0.05, 0.1) is 5.52 Å². The van der Waals surface area contributed by atoms with Crippen molar-refractivity contribution in [3.63, 3.8) is 0 Å². The van der Waals surface area contributed by atoms with Crippen molar-refractivity contribution >= 4 is 38.2 Å². The number of aromatic nitrogens is 2. The number of aliphatic carboxylic acids is 1. The summed E-state index contributed by atoms with van der Waals surface area (Å²) in [5.74, 6) is -1.54. The van der Waals surface area contributed by atoms with Gasteiger partial charge in [0.2, 0.25) is 0 Å². The molecule has 1 unspecified atom stereocenters. The third-order valence-corrected chi connectivity index (χ3v) is 8.41. The number of fused-ring (bicyclic) bond motifs is 1. The number of halogens is 1. The number of pyridine rings is 1. The van der Waals surface area contributed by atoms with Gasteiger partial charge >= 0.3 is 5.97 Å². The monoisotopic (exact) mass is 470 g/mol. The second kappa shape index (κ2) is 8.68. The van der Waals surface area contributed by atoms with Gasteiger partial charge in [0.1, 0.15) is 11.1 Å². The molecule has 9 heteroatoms. The number of nitrogens with zero attached hydrogens (tertiary/aromatic N) is 2. The fraction of sp³-hybridized carbons (Fsp3) is 0.130. The molecule has 3 aromatic heterocycles. The molecule has 164 valence electrons. The van der Waals surface area contributed by atoms with Crippen LogP contribution in [-0.4, -0.2) is 28.5 Å². The van der Waals surface area contributed by atoms with Gasteiger partial charge in [-0.1, -0.05) is 6.08 Å². The van der Waals surface area contributed by atoms with Crippen molar-refractivity contribution in [2.24, 2.45) is 0 Å². The minimum absolute atomic E-state index is 0.0851. The highest BCUT2D eigenvalue weighted by molar-refractivity contribution is 7.90. The van der Waals surface area contributed by atoms with Crippen LogP contribution in [0, 0.1) is 5.82 Å². The average molecular weight is 471 g/mol. The summed E-state index contributed by atoms with van der Waals surface area (Å²) in [6, 6.07) is 11.1. The van der Waals surface area contributed by atoms with Gasteiger partial charge < -0.3 is 5.11 Å². The molecule has 1 N–H and O–H groups in total. The van der Waals surface area contributed by atoms with Crippen LogP contribution in [0.15, 0.2) is 73.7 Å². The largest absolute Gasteiger partial charge is 0.481 e. The van der Waals surface area contributed by atoms with Gasteiger partial charge in [0, 0.05) is 40.2 Å². The van der Waals surface area contributed by atoms with Crippen LogP contribution in [0.25, 0.3) is 21.3 Å². The fourth-order valence-electron chi connectivity index (χ4n) is 3.57. The first-order chi connectivity index (χ1) is 15.3. The third-order valence-electron chi connectivity index (χ3n) is 5.10.